The number of aliphatic imine (C=N–C) groups is 1. The van der Waals surface area contributed by atoms with E-state index in [1.54, 1.807) is 24.4 Å². The summed E-state index contributed by atoms with van der Waals surface area (Å²) in [6, 6.07) is 7.07. The standard InChI is InChI=1S/C14H11BrINO3/c1-8-5-9(14(18)19-2)3-4-12(8)17-7-10-6-11(15)13(16)20-10/h3-7H,1-2H3. The molecule has 0 saturated carbocycles. The van der Waals surface area contributed by atoms with Crippen molar-refractivity contribution in [3.63, 3.8) is 0 Å². The molecule has 0 unspecified atom stereocenters. The molecular weight excluding hydrogens is 437 g/mol. The van der Waals surface area contributed by atoms with Crippen LogP contribution in [0.2, 0.25) is 0 Å². The van der Waals surface area contributed by atoms with Crippen molar-refractivity contribution < 1.29 is 13.9 Å². The summed E-state index contributed by atoms with van der Waals surface area (Å²) in [7, 11) is 1.36. The highest BCUT2D eigenvalue weighted by atomic mass is 127. The number of hydrogen-bond acceptors (Lipinski definition) is 4. The number of methoxy groups -OCH3 is 1. The van der Waals surface area contributed by atoms with Crippen LogP contribution in [0.5, 0.6) is 0 Å². The molecule has 0 amide bonds. The van der Waals surface area contributed by atoms with Gasteiger partial charge in [-0.25, -0.2) is 4.79 Å². The van der Waals surface area contributed by atoms with Gasteiger partial charge in [-0.1, -0.05) is 0 Å². The van der Waals surface area contributed by atoms with Crippen LogP contribution >= 0.6 is 38.5 Å². The van der Waals surface area contributed by atoms with Gasteiger partial charge in [0, 0.05) is 28.7 Å². The molecule has 0 aliphatic heterocycles. The first-order chi connectivity index (χ1) is 9.51. The van der Waals surface area contributed by atoms with Crippen LogP contribution in [0, 0.1) is 10.7 Å². The van der Waals surface area contributed by atoms with Gasteiger partial charge < -0.3 is 9.15 Å². The maximum atomic E-state index is 11.4. The smallest absolute Gasteiger partial charge is 0.337 e. The minimum atomic E-state index is -0.354. The summed E-state index contributed by atoms with van der Waals surface area (Å²) in [5.74, 6) is 0.311. The predicted molar refractivity (Wildman–Crippen MR) is 88.9 cm³/mol. The minimum Gasteiger partial charge on any atom is -0.465 e. The van der Waals surface area contributed by atoms with Crippen molar-refractivity contribution in [2.45, 2.75) is 6.92 Å². The lowest BCUT2D eigenvalue weighted by Crippen LogP contribution is -2.00. The summed E-state index contributed by atoms with van der Waals surface area (Å²) in [5.41, 5.74) is 2.18. The van der Waals surface area contributed by atoms with Gasteiger partial charge in [0.2, 0.25) is 0 Å². The first kappa shape index (κ1) is 15.2. The minimum absolute atomic E-state index is 0.354. The maximum Gasteiger partial charge on any atom is 0.337 e. The zero-order valence-electron chi connectivity index (χ0n) is 10.8. The van der Waals surface area contributed by atoms with Gasteiger partial charge in [-0.05, 0) is 46.6 Å². The molecule has 104 valence electrons. The van der Waals surface area contributed by atoms with Gasteiger partial charge in [0.1, 0.15) is 5.76 Å². The van der Waals surface area contributed by atoms with Crippen molar-refractivity contribution >= 4 is 56.4 Å². The first-order valence-corrected chi connectivity index (χ1v) is 7.56. The van der Waals surface area contributed by atoms with E-state index in [1.807, 2.05) is 13.0 Å². The van der Waals surface area contributed by atoms with Crippen molar-refractivity contribution in [3.05, 3.63) is 49.4 Å². The third-order valence-corrected chi connectivity index (χ3v) is 4.74. The Labute approximate surface area is 138 Å². The van der Waals surface area contributed by atoms with E-state index in [9.17, 15) is 4.79 Å². The Kier molecular flexibility index (Phi) is 4.98. The summed E-state index contributed by atoms with van der Waals surface area (Å²) in [5, 5.41) is 0. The van der Waals surface area contributed by atoms with Crippen molar-refractivity contribution in [2.75, 3.05) is 7.11 Å². The lowest BCUT2D eigenvalue weighted by Gasteiger charge is -2.03. The van der Waals surface area contributed by atoms with Gasteiger partial charge in [-0.2, -0.15) is 0 Å². The lowest BCUT2D eigenvalue weighted by atomic mass is 10.1. The van der Waals surface area contributed by atoms with Gasteiger partial charge in [-0.3, -0.25) is 4.99 Å². The molecule has 2 rings (SSSR count). The summed E-state index contributed by atoms with van der Waals surface area (Å²) in [6.07, 6.45) is 1.65. The van der Waals surface area contributed by atoms with Crippen LogP contribution < -0.4 is 0 Å². The van der Waals surface area contributed by atoms with Gasteiger partial charge in [0.15, 0.2) is 3.77 Å². The summed E-state index contributed by atoms with van der Waals surface area (Å²) in [4.78, 5) is 15.8. The van der Waals surface area contributed by atoms with E-state index in [0.717, 1.165) is 19.5 Å². The number of carbonyl (C=O) groups excluding carboxylic acids is 1. The molecule has 1 aromatic heterocycles. The number of ether oxygens (including phenoxy) is 1. The predicted octanol–water partition coefficient (Wildman–Crippen LogP) is 4.49. The summed E-state index contributed by atoms with van der Waals surface area (Å²) >= 11 is 5.47. The van der Waals surface area contributed by atoms with Crippen LogP contribution in [-0.2, 0) is 4.74 Å². The second kappa shape index (κ2) is 6.53. The molecule has 6 heteroatoms. The third-order valence-electron chi connectivity index (χ3n) is 2.61. The van der Waals surface area contributed by atoms with E-state index in [1.165, 1.54) is 7.11 Å². The first-order valence-electron chi connectivity index (χ1n) is 5.69. The van der Waals surface area contributed by atoms with Crippen molar-refractivity contribution in [2.24, 2.45) is 4.99 Å². The highest BCUT2D eigenvalue weighted by molar-refractivity contribution is 14.1. The van der Waals surface area contributed by atoms with Crippen LogP contribution in [0.1, 0.15) is 21.7 Å². The molecule has 0 aliphatic rings. The molecule has 0 aliphatic carbocycles. The molecule has 0 spiro atoms. The largest absolute Gasteiger partial charge is 0.465 e. The van der Waals surface area contributed by atoms with E-state index in [-0.39, 0.29) is 5.97 Å². The van der Waals surface area contributed by atoms with E-state index < -0.39 is 0 Å². The Morgan fingerprint density at radius 3 is 2.75 bits per heavy atom. The molecular formula is C14H11BrINO3. The topological polar surface area (TPSA) is 51.8 Å². The summed E-state index contributed by atoms with van der Waals surface area (Å²) < 4.78 is 11.8. The second-order valence-corrected chi connectivity index (χ2v) is 5.86. The van der Waals surface area contributed by atoms with Gasteiger partial charge >= 0.3 is 5.97 Å². The fourth-order valence-corrected chi connectivity index (χ4v) is 2.32. The fraction of sp³-hybridized carbons (Fsp3) is 0.143. The number of carbonyl (C=O) groups is 1. The maximum absolute atomic E-state index is 11.4. The monoisotopic (exact) mass is 447 g/mol. The number of nitrogens with zero attached hydrogens (tertiary/aromatic N) is 1. The zero-order valence-corrected chi connectivity index (χ0v) is 14.6. The van der Waals surface area contributed by atoms with Crippen molar-refractivity contribution in [3.8, 4) is 0 Å². The molecule has 4 nitrogen and oxygen atoms in total. The van der Waals surface area contributed by atoms with Gasteiger partial charge in [-0.15, -0.1) is 0 Å². The van der Waals surface area contributed by atoms with E-state index in [0.29, 0.717) is 11.3 Å². The highest BCUT2D eigenvalue weighted by Crippen LogP contribution is 2.24. The number of aryl methyl sites for hydroxylation is 1. The van der Waals surface area contributed by atoms with Gasteiger partial charge in [0.05, 0.1) is 29.0 Å². The van der Waals surface area contributed by atoms with E-state index in [4.69, 9.17) is 4.42 Å². The molecule has 20 heavy (non-hydrogen) atoms. The highest BCUT2D eigenvalue weighted by Gasteiger charge is 2.07. The Bertz CT molecular complexity index is 660. The Morgan fingerprint density at radius 2 is 2.20 bits per heavy atom. The van der Waals surface area contributed by atoms with Crippen LogP contribution in [0.4, 0.5) is 5.69 Å². The van der Waals surface area contributed by atoms with E-state index in [2.05, 4.69) is 48.3 Å². The molecule has 0 bridgehead atoms. The summed E-state index contributed by atoms with van der Waals surface area (Å²) in [6.45, 7) is 1.89. The number of esters is 1. The lowest BCUT2D eigenvalue weighted by molar-refractivity contribution is 0.0600. The second-order valence-electron chi connectivity index (χ2n) is 4.02. The van der Waals surface area contributed by atoms with Crippen LogP contribution in [-0.4, -0.2) is 19.3 Å². The number of hydrogen-bond donors (Lipinski definition) is 0. The number of furan rings is 1. The molecule has 1 aromatic carbocycles. The molecule has 0 N–H and O–H groups in total. The Hall–Kier alpha value is -1.15. The SMILES string of the molecule is COC(=O)c1ccc(N=Cc2cc(Br)c(I)o2)c(C)c1. The van der Waals surface area contributed by atoms with Crippen LogP contribution in [0.25, 0.3) is 0 Å². The Morgan fingerprint density at radius 1 is 1.45 bits per heavy atom. The van der Waals surface area contributed by atoms with Crippen LogP contribution in [0.15, 0.2) is 38.1 Å². The number of benzene rings is 1. The average Bonchev–Trinajstić information content (AvgIpc) is 2.75. The fourth-order valence-electron chi connectivity index (χ4n) is 1.61. The molecule has 2 aromatic rings. The zero-order chi connectivity index (χ0) is 14.7. The number of rotatable bonds is 3. The van der Waals surface area contributed by atoms with Crippen molar-refractivity contribution in [1.29, 1.82) is 0 Å². The molecule has 0 saturated heterocycles. The molecule has 0 radical (unpaired) electrons. The average molecular weight is 448 g/mol. The molecule has 0 atom stereocenters. The normalized spacial score (nSPS) is 11.0. The molecule has 1 heterocycles. The third kappa shape index (κ3) is 3.49. The van der Waals surface area contributed by atoms with Crippen LogP contribution in [0.3, 0.4) is 0 Å². The van der Waals surface area contributed by atoms with E-state index >= 15 is 0 Å². The Balaban J connectivity index is 2.23. The van der Waals surface area contributed by atoms with Gasteiger partial charge in [0.25, 0.3) is 0 Å². The number of halogens is 2. The molecule has 0 fully saturated rings. The quantitative estimate of drug-likeness (QED) is 0.395. The van der Waals surface area contributed by atoms with Crippen molar-refractivity contribution in [1.82, 2.24) is 0 Å².